The topological polar surface area (TPSA) is 127 Å². The molecule has 0 aromatic carbocycles. The van der Waals surface area contributed by atoms with Gasteiger partial charge in [-0.05, 0) is 6.42 Å². The predicted octanol–water partition coefficient (Wildman–Crippen LogP) is 1.37. The van der Waals surface area contributed by atoms with Crippen molar-refractivity contribution in [1.82, 2.24) is 20.4 Å². The van der Waals surface area contributed by atoms with Gasteiger partial charge in [0.1, 0.15) is 11.2 Å². The molecule has 0 atom stereocenters. The molecular weight excluding hydrogens is 272 g/mol. The summed E-state index contributed by atoms with van der Waals surface area (Å²) < 4.78 is 0. The Labute approximate surface area is 111 Å². The summed E-state index contributed by atoms with van der Waals surface area (Å²) in [6.07, 6.45) is 1.16. The van der Waals surface area contributed by atoms with Crippen LogP contribution in [0.4, 0.5) is 10.8 Å². The Balaban J connectivity index is 2.28. The summed E-state index contributed by atoms with van der Waals surface area (Å²) in [5.41, 5.74) is 1.25. The van der Waals surface area contributed by atoms with E-state index in [9.17, 15) is 14.9 Å². The highest BCUT2D eigenvalue weighted by Gasteiger charge is 2.29. The highest BCUT2D eigenvalue weighted by molar-refractivity contribution is 7.13. The number of aromatic amines is 1. The Morgan fingerprint density at radius 2 is 2.42 bits per heavy atom. The number of rotatable bonds is 5. The van der Waals surface area contributed by atoms with Crippen LogP contribution < -0.4 is 5.32 Å². The second-order valence-electron chi connectivity index (χ2n) is 3.60. The minimum atomic E-state index is -0.679. The minimum absolute atomic E-state index is 0.247. The van der Waals surface area contributed by atoms with Gasteiger partial charge in [-0.2, -0.15) is 5.10 Å². The van der Waals surface area contributed by atoms with E-state index in [0.29, 0.717) is 18.5 Å². The first-order valence-electron chi connectivity index (χ1n) is 5.42. The number of hydrogen-bond donors (Lipinski definition) is 2. The number of H-pyrrole nitrogens is 1. The van der Waals surface area contributed by atoms with Crippen molar-refractivity contribution >= 4 is 28.1 Å². The van der Waals surface area contributed by atoms with Gasteiger partial charge < -0.3 is 0 Å². The standard InChI is InChI=1S/C9H10N6O3S/c1-2-3-5-7(15(17)18)6(13-12-5)8(16)11-9-14-10-4-19-9/h4H,2-3H2,1H3,(H,12,13)(H,11,14,16). The van der Waals surface area contributed by atoms with E-state index in [-0.39, 0.29) is 16.5 Å². The van der Waals surface area contributed by atoms with Gasteiger partial charge in [-0.1, -0.05) is 24.7 Å². The first kappa shape index (κ1) is 13.1. The van der Waals surface area contributed by atoms with Crippen molar-refractivity contribution in [2.24, 2.45) is 0 Å². The van der Waals surface area contributed by atoms with Gasteiger partial charge in [-0.25, -0.2) is 0 Å². The molecule has 0 aliphatic rings. The number of aromatic nitrogens is 4. The number of amides is 1. The van der Waals surface area contributed by atoms with Crippen LogP contribution in [0.5, 0.6) is 0 Å². The SMILES string of the molecule is CCCc1[nH]nc(C(=O)Nc2nncs2)c1[N+](=O)[O-]. The van der Waals surface area contributed by atoms with Gasteiger partial charge in [-0.3, -0.25) is 25.3 Å². The van der Waals surface area contributed by atoms with Crippen molar-refractivity contribution in [2.45, 2.75) is 19.8 Å². The lowest BCUT2D eigenvalue weighted by atomic mass is 10.2. The van der Waals surface area contributed by atoms with Gasteiger partial charge in [0.05, 0.1) is 4.92 Å². The molecule has 2 aromatic rings. The van der Waals surface area contributed by atoms with Gasteiger partial charge in [0.25, 0.3) is 5.91 Å². The van der Waals surface area contributed by atoms with Crippen molar-refractivity contribution in [3.63, 3.8) is 0 Å². The summed E-state index contributed by atoms with van der Waals surface area (Å²) in [7, 11) is 0. The molecule has 19 heavy (non-hydrogen) atoms. The van der Waals surface area contributed by atoms with Crippen LogP contribution >= 0.6 is 11.3 Å². The van der Waals surface area contributed by atoms with Crippen LogP contribution in [0.15, 0.2) is 5.51 Å². The molecular formula is C9H10N6O3S. The number of carbonyl (C=O) groups excluding carboxylic acids is 1. The maximum Gasteiger partial charge on any atom is 0.322 e. The Bertz CT molecular complexity index is 593. The molecule has 0 aliphatic carbocycles. The van der Waals surface area contributed by atoms with Crippen LogP contribution in [0.25, 0.3) is 0 Å². The van der Waals surface area contributed by atoms with Crippen LogP contribution in [0.3, 0.4) is 0 Å². The summed E-state index contributed by atoms with van der Waals surface area (Å²) in [6, 6.07) is 0. The van der Waals surface area contributed by atoms with Crippen molar-refractivity contribution in [2.75, 3.05) is 5.32 Å². The fraction of sp³-hybridized carbons (Fsp3) is 0.333. The van der Waals surface area contributed by atoms with Crippen molar-refractivity contribution < 1.29 is 9.72 Å². The molecule has 1 amide bonds. The van der Waals surface area contributed by atoms with Crippen LogP contribution in [0, 0.1) is 10.1 Å². The molecule has 2 aromatic heterocycles. The largest absolute Gasteiger partial charge is 0.322 e. The molecule has 0 aliphatic heterocycles. The molecule has 0 saturated heterocycles. The molecule has 0 spiro atoms. The zero-order chi connectivity index (χ0) is 13.8. The van der Waals surface area contributed by atoms with E-state index in [1.165, 1.54) is 5.51 Å². The monoisotopic (exact) mass is 282 g/mol. The van der Waals surface area contributed by atoms with Gasteiger partial charge in [0, 0.05) is 0 Å². The van der Waals surface area contributed by atoms with Crippen molar-refractivity contribution in [3.05, 3.63) is 27.0 Å². The third-order valence-electron chi connectivity index (χ3n) is 2.29. The highest BCUT2D eigenvalue weighted by Crippen LogP contribution is 2.23. The zero-order valence-electron chi connectivity index (χ0n) is 9.91. The van der Waals surface area contributed by atoms with Gasteiger partial charge in [-0.15, -0.1) is 10.2 Å². The van der Waals surface area contributed by atoms with Crippen LogP contribution in [-0.4, -0.2) is 31.2 Å². The van der Waals surface area contributed by atoms with Gasteiger partial charge in [0.15, 0.2) is 0 Å². The molecule has 2 heterocycles. The summed E-state index contributed by atoms with van der Waals surface area (Å²) in [4.78, 5) is 22.3. The van der Waals surface area contributed by atoms with Gasteiger partial charge in [0.2, 0.25) is 10.8 Å². The third-order valence-corrected chi connectivity index (χ3v) is 2.90. The predicted molar refractivity (Wildman–Crippen MR) is 67.1 cm³/mol. The van der Waals surface area contributed by atoms with Crippen LogP contribution in [-0.2, 0) is 6.42 Å². The average Bonchev–Trinajstić information content (AvgIpc) is 2.98. The molecule has 0 radical (unpaired) electrons. The summed E-state index contributed by atoms with van der Waals surface area (Å²) in [6.45, 7) is 1.88. The van der Waals surface area contributed by atoms with E-state index in [4.69, 9.17) is 0 Å². The number of hydrogen-bond acceptors (Lipinski definition) is 7. The summed E-state index contributed by atoms with van der Waals surface area (Å²) in [5.74, 6) is -0.679. The normalized spacial score (nSPS) is 10.4. The van der Waals surface area contributed by atoms with Gasteiger partial charge >= 0.3 is 5.69 Å². The van der Waals surface area contributed by atoms with Crippen molar-refractivity contribution in [1.29, 1.82) is 0 Å². The quantitative estimate of drug-likeness (QED) is 0.630. The van der Waals surface area contributed by atoms with Crippen LogP contribution in [0.1, 0.15) is 29.5 Å². The first-order valence-corrected chi connectivity index (χ1v) is 6.30. The van der Waals surface area contributed by atoms with E-state index in [1.54, 1.807) is 0 Å². The number of nitrogens with zero attached hydrogens (tertiary/aromatic N) is 4. The molecule has 9 nitrogen and oxygen atoms in total. The van der Waals surface area contributed by atoms with E-state index in [1.807, 2.05) is 6.92 Å². The average molecular weight is 282 g/mol. The highest BCUT2D eigenvalue weighted by atomic mass is 32.1. The van der Waals surface area contributed by atoms with E-state index >= 15 is 0 Å². The molecule has 100 valence electrons. The fourth-order valence-electron chi connectivity index (χ4n) is 1.54. The summed E-state index contributed by atoms with van der Waals surface area (Å²) in [5, 5.41) is 27.1. The van der Waals surface area contributed by atoms with E-state index < -0.39 is 10.8 Å². The number of aryl methyl sites for hydroxylation is 1. The smallest absolute Gasteiger partial charge is 0.295 e. The minimum Gasteiger partial charge on any atom is -0.295 e. The summed E-state index contributed by atoms with van der Waals surface area (Å²) >= 11 is 1.12. The maximum atomic E-state index is 11.9. The Morgan fingerprint density at radius 1 is 1.63 bits per heavy atom. The number of nitro groups is 1. The lowest BCUT2D eigenvalue weighted by molar-refractivity contribution is -0.385. The Morgan fingerprint density at radius 3 is 3.00 bits per heavy atom. The third kappa shape index (κ3) is 2.73. The molecule has 0 saturated carbocycles. The number of nitrogens with one attached hydrogen (secondary N) is 2. The second kappa shape index (κ2) is 5.52. The molecule has 10 heteroatoms. The fourth-order valence-corrected chi connectivity index (χ4v) is 1.98. The zero-order valence-corrected chi connectivity index (χ0v) is 10.7. The lowest BCUT2D eigenvalue weighted by Gasteiger charge is -1.97. The molecule has 0 unspecified atom stereocenters. The van der Waals surface area contributed by atoms with E-state index in [0.717, 1.165) is 11.3 Å². The first-order chi connectivity index (χ1) is 9.13. The maximum absolute atomic E-state index is 11.9. The van der Waals surface area contributed by atoms with Crippen molar-refractivity contribution in [3.8, 4) is 0 Å². The molecule has 2 rings (SSSR count). The molecule has 0 bridgehead atoms. The molecule has 0 fully saturated rings. The van der Waals surface area contributed by atoms with E-state index in [2.05, 4.69) is 25.7 Å². The lowest BCUT2D eigenvalue weighted by Crippen LogP contribution is -2.14. The number of carbonyl (C=O) groups is 1. The number of anilines is 1. The second-order valence-corrected chi connectivity index (χ2v) is 4.44. The van der Waals surface area contributed by atoms with Crippen LogP contribution in [0.2, 0.25) is 0 Å². The molecule has 2 N–H and O–H groups in total. The Kier molecular flexibility index (Phi) is 3.80. The Hall–Kier alpha value is -2.36.